The topological polar surface area (TPSA) is 19.6 Å². The molecule has 2 aliphatic carbocycles. The fourth-order valence-electron chi connectivity index (χ4n) is 10.8. The highest BCUT2D eigenvalue weighted by Gasteiger charge is 2.54. The van der Waals surface area contributed by atoms with Gasteiger partial charge >= 0.3 is 0 Å². The first-order chi connectivity index (χ1) is 32.7. The molecule has 0 saturated heterocycles. The Balaban J connectivity index is 0.975. The Morgan fingerprint density at radius 3 is 1.35 bits per heavy atom. The van der Waals surface area contributed by atoms with Crippen molar-refractivity contribution in [3.63, 3.8) is 0 Å². The molecule has 1 unspecified atom stereocenters. The van der Waals surface area contributed by atoms with E-state index in [9.17, 15) is 0 Å². The van der Waals surface area contributed by atoms with Crippen LogP contribution >= 0.6 is 0 Å². The Morgan fingerprint density at radius 2 is 0.712 bits per heavy atom. The molecule has 0 bridgehead atoms. The van der Waals surface area contributed by atoms with E-state index in [0.717, 1.165) is 62.0 Å². The number of nitrogens with zero attached hydrogens (tertiary/aromatic N) is 2. The second kappa shape index (κ2) is 15.3. The summed E-state index contributed by atoms with van der Waals surface area (Å²) in [7, 11) is 0. The van der Waals surface area contributed by atoms with E-state index in [4.69, 9.17) is 4.42 Å². The van der Waals surface area contributed by atoms with Crippen LogP contribution in [-0.4, -0.2) is 0 Å². The number of benzene rings is 10. The molecule has 0 amide bonds. The molecule has 1 spiro atoms. The summed E-state index contributed by atoms with van der Waals surface area (Å²) in [6.07, 6.45) is 0. The first-order valence-electron chi connectivity index (χ1n) is 22.7. The molecule has 66 heavy (non-hydrogen) atoms. The highest BCUT2D eigenvalue weighted by Crippen LogP contribution is 2.65. The van der Waals surface area contributed by atoms with Crippen molar-refractivity contribution in [3.8, 4) is 44.7 Å². The van der Waals surface area contributed by atoms with E-state index in [0.29, 0.717) is 0 Å². The summed E-state index contributed by atoms with van der Waals surface area (Å²) in [6, 6.07) is 92.1. The number of furan rings is 1. The number of hydrogen-bond acceptors (Lipinski definition) is 3. The Morgan fingerprint density at radius 1 is 0.288 bits per heavy atom. The van der Waals surface area contributed by atoms with Crippen molar-refractivity contribution >= 4 is 45.1 Å². The van der Waals surface area contributed by atoms with E-state index in [1.807, 2.05) is 0 Å². The first-order valence-corrected chi connectivity index (χ1v) is 22.7. The fraction of sp³-hybridized carbons (Fsp3) is 0.0159. The third-order valence-electron chi connectivity index (χ3n) is 13.7. The van der Waals surface area contributed by atoms with Crippen LogP contribution in [-0.2, 0) is 5.41 Å². The zero-order valence-electron chi connectivity index (χ0n) is 36.1. The van der Waals surface area contributed by atoms with E-state index >= 15 is 0 Å². The van der Waals surface area contributed by atoms with Gasteiger partial charge in [0.25, 0.3) is 0 Å². The number of hydrogen-bond donors (Lipinski definition) is 0. The van der Waals surface area contributed by atoms with Gasteiger partial charge in [0.2, 0.25) is 0 Å². The van der Waals surface area contributed by atoms with Gasteiger partial charge in [0, 0.05) is 50.6 Å². The second-order valence-corrected chi connectivity index (χ2v) is 17.2. The summed E-state index contributed by atoms with van der Waals surface area (Å²) >= 11 is 0. The van der Waals surface area contributed by atoms with Crippen molar-refractivity contribution in [2.75, 3.05) is 9.80 Å². The van der Waals surface area contributed by atoms with Gasteiger partial charge in [-0.2, -0.15) is 0 Å². The maximum atomic E-state index is 6.96. The molecular weight excluding hydrogens is 801 g/mol. The largest absolute Gasteiger partial charge is 0.456 e. The third kappa shape index (κ3) is 5.84. The predicted octanol–water partition coefficient (Wildman–Crippen LogP) is 17.0. The third-order valence-corrected chi connectivity index (χ3v) is 13.7. The maximum absolute atomic E-state index is 6.96. The number of rotatable bonds is 8. The van der Waals surface area contributed by atoms with Gasteiger partial charge in [0.15, 0.2) is 0 Å². The highest BCUT2D eigenvalue weighted by molar-refractivity contribution is 6.03. The molecule has 0 aliphatic heterocycles. The quantitative estimate of drug-likeness (QED) is 0.152. The molecule has 3 heteroatoms. The van der Waals surface area contributed by atoms with Crippen LogP contribution in [0.1, 0.15) is 22.3 Å². The molecule has 3 nitrogen and oxygen atoms in total. The van der Waals surface area contributed by atoms with Crippen LogP contribution in [0.3, 0.4) is 0 Å². The second-order valence-electron chi connectivity index (χ2n) is 17.2. The van der Waals surface area contributed by atoms with Crippen LogP contribution in [0.5, 0.6) is 0 Å². The minimum atomic E-state index is -0.635. The lowest BCUT2D eigenvalue weighted by Gasteiger charge is -2.32. The standard InChI is InChI=1S/C63H42N2O/c1-5-17-43(18-6-1)44-29-34-50(35-30-44)64(47-19-7-2-8-20-47)51-36-31-45(32-37-51)46-33-39-54-53-25-13-15-27-57(53)63(58(54)41-46)59-42-52(65(48-21-9-3-10-22-48)49-23-11-4-12-24-49)38-40-55(59)62-61(63)56-26-14-16-28-60(56)66-62/h1-42H. The van der Waals surface area contributed by atoms with E-state index in [2.05, 4.69) is 265 Å². The van der Waals surface area contributed by atoms with Crippen LogP contribution in [0.4, 0.5) is 34.1 Å². The predicted molar refractivity (Wildman–Crippen MR) is 273 cm³/mol. The average Bonchev–Trinajstić information content (AvgIpc) is 4.01. The molecule has 0 fully saturated rings. The van der Waals surface area contributed by atoms with E-state index < -0.39 is 5.41 Å². The van der Waals surface area contributed by atoms with Crippen LogP contribution in [0.25, 0.3) is 55.7 Å². The molecule has 0 radical (unpaired) electrons. The van der Waals surface area contributed by atoms with Gasteiger partial charge in [-0.15, -0.1) is 0 Å². The average molecular weight is 843 g/mol. The van der Waals surface area contributed by atoms with Gasteiger partial charge in [-0.05, 0) is 141 Å². The Labute approximate surface area is 384 Å². The first kappa shape index (κ1) is 37.9. The molecule has 2 aliphatic rings. The van der Waals surface area contributed by atoms with Crippen LogP contribution in [0.15, 0.2) is 259 Å². The number of para-hydroxylation sites is 4. The van der Waals surface area contributed by atoms with Crippen molar-refractivity contribution in [2.45, 2.75) is 5.41 Å². The van der Waals surface area contributed by atoms with Crippen LogP contribution in [0, 0.1) is 0 Å². The van der Waals surface area contributed by atoms with Crippen LogP contribution < -0.4 is 9.80 Å². The smallest absolute Gasteiger partial charge is 0.140 e. The minimum absolute atomic E-state index is 0.635. The van der Waals surface area contributed by atoms with Crippen molar-refractivity contribution in [3.05, 3.63) is 277 Å². The lowest BCUT2D eigenvalue weighted by molar-refractivity contribution is 0.628. The number of anilines is 6. The Bertz CT molecular complexity index is 3520. The van der Waals surface area contributed by atoms with E-state index in [-0.39, 0.29) is 0 Å². The Kier molecular flexibility index (Phi) is 8.75. The summed E-state index contributed by atoms with van der Waals surface area (Å²) in [5, 5.41) is 1.14. The van der Waals surface area contributed by atoms with Crippen molar-refractivity contribution in [1.29, 1.82) is 0 Å². The summed E-state index contributed by atoms with van der Waals surface area (Å²) in [5.74, 6) is 0.943. The summed E-state index contributed by atoms with van der Waals surface area (Å²) in [5.41, 5.74) is 20.2. The summed E-state index contributed by atoms with van der Waals surface area (Å²) in [4.78, 5) is 4.70. The normalized spacial score (nSPS) is 14.1. The van der Waals surface area contributed by atoms with Crippen molar-refractivity contribution in [2.24, 2.45) is 0 Å². The molecule has 1 heterocycles. The van der Waals surface area contributed by atoms with Gasteiger partial charge in [0.05, 0.1) is 5.41 Å². The molecule has 1 aromatic heterocycles. The zero-order valence-corrected chi connectivity index (χ0v) is 36.1. The molecule has 13 rings (SSSR count). The van der Waals surface area contributed by atoms with Gasteiger partial charge in [-0.25, -0.2) is 0 Å². The highest BCUT2D eigenvalue weighted by atomic mass is 16.3. The lowest BCUT2D eigenvalue weighted by atomic mass is 9.69. The summed E-state index contributed by atoms with van der Waals surface area (Å²) < 4.78 is 6.96. The fourth-order valence-corrected chi connectivity index (χ4v) is 10.8. The molecular formula is C63H42N2O. The van der Waals surface area contributed by atoms with Gasteiger partial charge in [-0.1, -0.05) is 164 Å². The lowest BCUT2D eigenvalue weighted by Crippen LogP contribution is -2.26. The molecule has 1 atom stereocenters. The Hall–Kier alpha value is -8.66. The van der Waals surface area contributed by atoms with Crippen LogP contribution in [0.2, 0.25) is 0 Å². The van der Waals surface area contributed by atoms with E-state index in [1.54, 1.807) is 0 Å². The minimum Gasteiger partial charge on any atom is -0.456 e. The molecule has 0 saturated carbocycles. The zero-order chi connectivity index (χ0) is 43.6. The SMILES string of the molecule is c1ccc(-c2ccc(N(c3ccccc3)c3ccc(-c4ccc5c(c4)C4(c6ccccc6-5)c5cc(N(c6ccccc6)c6ccccc6)ccc5-c5oc6ccccc6c54)cc3)cc2)cc1. The molecule has 11 aromatic rings. The number of fused-ring (bicyclic) bond motifs is 12. The van der Waals surface area contributed by atoms with Gasteiger partial charge < -0.3 is 14.2 Å². The van der Waals surface area contributed by atoms with E-state index in [1.165, 1.54) is 50.1 Å². The van der Waals surface area contributed by atoms with Crippen molar-refractivity contribution in [1.82, 2.24) is 0 Å². The summed E-state index contributed by atoms with van der Waals surface area (Å²) in [6.45, 7) is 0. The van der Waals surface area contributed by atoms with Gasteiger partial charge in [-0.3, -0.25) is 0 Å². The maximum Gasteiger partial charge on any atom is 0.140 e. The monoisotopic (exact) mass is 842 g/mol. The van der Waals surface area contributed by atoms with Gasteiger partial charge in [0.1, 0.15) is 11.3 Å². The molecule has 310 valence electrons. The molecule has 0 N–H and O–H groups in total. The molecule has 10 aromatic carbocycles. The van der Waals surface area contributed by atoms with Crippen molar-refractivity contribution < 1.29 is 4.42 Å².